The second kappa shape index (κ2) is 6.64. The van der Waals surface area contributed by atoms with Gasteiger partial charge in [-0.2, -0.15) is 5.10 Å². The monoisotopic (exact) mass is 339 g/mol. The molecule has 1 aliphatic heterocycles. The highest BCUT2D eigenvalue weighted by Gasteiger charge is 2.26. The van der Waals surface area contributed by atoms with Gasteiger partial charge in [0, 0.05) is 38.3 Å². The van der Waals surface area contributed by atoms with Crippen LogP contribution in [-0.2, 0) is 6.54 Å². The molecule has 0 bridgehead atoms. The summed E-state index contributed by atoms with van der Waals surface area (Å²) in [4.78, 5) is 18.0. The van der Waals surface area contributed by atoms with Gasteiger partial charge in [-0.15, -0.1) is 0 Å². The van der Waals surface area contributed by atoms with Gasteiger partial charge in [0.2, 0.25) is 5.88 Å². The molecule has 4 heterocycles. The van der Waals surface area contributed by atoms with Crippen molar-refractivity contribution < 1.29 is 4.74 Å². The summed E-state index contributed by atoms with van der Waals surface area (Å²) < 4.78 is 5.22. The van der Waals surface area contributed by atoms with Crippen LogP contribution < -0.4 is 9.64 Å². The van der Waals surface area contributed by atoms with E-state index in [0.29, 0.717) is 11.9 Å². The second-order valence-corrected chi connectivity index (χ2v) is 6.27. The molecule has 1 saturated heterocycles. The van der Waals surface area contributed by atoms with Gasteiger partial charge < -0.3 is 9.64 Å². The average molecular weight is 339 g/mol. The molecule has 130 valence electrons. The Hall–Kier alpha value is -2.74. The molecule has 1 atom stereocenters. The van der Waals surface area contributed by atoms with Crippen molar-refractivity contribution in [3.05, 3.63) is 36.4 Å². The quantitative estimate of drug-likeness (QED) is 0.770. The molecule has 0 amide bonds. The zero-order valence-corrected chi connectivity index (χ0v) is 14.4. The zero-order valence-electron chi connectivity index (χ0n) is 14.4. The summed E-state index contributed by atoms with van der Waals surface area (Å²) in [6, 6.07) is 6.29. The number of methoxy groups -OCH3 is 1. The third-order valence-corrected chi connectivity index (χ3v) is 4.65. The summed E-state index contributed by atoms with van der Waals surface area (Å²) in [6.45, 7) is 5.81. The predicted molar refractivity (Wildman–Crippen MR) is 94.6 cm³/mol. The minimum Gasteiger partial charge on any atom is -0.481 e. The van der Waals surface area contributed by atoms with Crippen LogP contribution in [0.2, 0.25) is 0 Å². The molecule has 4 rings (SSSR count). The van der Waals surface area contributed by atoms with Crippen molar-refractivity contribution in [3.8, 4) is 5.88 Å². The van der Waals surface area contributed by atoms with Gasteiger partial charge in [0.1, 0.15) is 12.1 Å². The third kappa shape index (κ3) is 3.12. The van der Waals surface area contributed by atoms with Crippen molar-refractivity contribution in [2.45, 2.75) is 19.5 Å². The van der Waals surface area contributed by atoms with Crippen molar-refractivity contribution in [2.24, 2.45) is 0 Å². The highest BCUT2D eigenvalue weighted by molar-refractivity contribution is 5.86. The van der Waals surface area contributed by atoms with E-state index in [4.69, 9.17) is 4.74 Å². The van der Waals surface area contributed by atoms with E-state index in [1.54, 1.807) is 19.6 Å². The van der Waals surface area contributed by atoms with Crippen LogP contribution in [0, 0.1) is 0 Å². The minimum absolute atomic E-state index is 0.388. The maximum Gasteiger partial charge on any atom is 0.213 e. The number of H-pyrrole nitrogens is 1. The summed E-state index contributed by atoms with van der Waals surface area (Å²) in [6.07, 6.45) is 3.38. The van der Waals surface area contributed by atoms with Crippen molar-refractivity contribution in [3.63, 3.8) is 0 Å². The molecule has 0 aromatic carbocycles. The van der Waals surface area contributed by atoms with E-state index in [1.165, 1.54) is 0 Å². The predicted octanol–water partition coefficient (Wildman–Crippen LogP) is 1.47. The normalized spacial score (nSPS) is 18.6. The Morgan fingerprint density at radius 3 is 3.04 bits per heavy atom. The van der Waals surface area contributed by atoms with Crippen LogP contribution >= 0.6 is 0 Å². The van der Waals surface area contributed by atoms with Gasteiger partial charge in [0.25, 0.3) is 0 Å². The first-order valence-corrected chi connectivity index (χ1v) is 8.37. The van der Waals surface area contributed by atoms with Gasteiger partial charge in [0.05, 0.1) is 24.4 Å². The summed E-state index contributed by atoms with van der Waals surface area (Å²) in [7, 11) is 1.64. The molecule has 3 aromatic heterocycles. The lowest BCUT2D eigenvalue weighted by molar-refractivity contribution is 0.178. The number of anilines is 1. The Balaban J connectivity index is 1.47. The SMILES string of the molecule is COc1cccc(CN2CCN(c3ncnc4[nH]ncc34)CC2C)n1. The molecule has 0 radical (unpaired) electrons. The summed E-state index contributed by atoms with van der Waals surface area (Å²) >= 11 is 0. The number of nitrogens with one attached hydrogen (secondary N) is 1. The first kappa shape index (κ1) is 15.8. The topological polar surface area (TPSA) is 83.1 Å². The van der Waals surface area contributed by atoms with E-state index in [-0.39, 0.29) is 0 Å². The Kier molecular flexibility index (Phi) is 4.19. The average Bonchev–Trinajstić information content (AvgIpc) is 3.12. The Labute approximate surface area is 145 Å². The number of aromatic amines is 1. The number of fused-ring (bicyclic) bond motifs is 1. The molecule has 8 heteroatoms. The number of pyridine rings is 1. The number of hydrogen-bond acceptors (Lipinski definition) is 7. The lowest BCUT2D eigenvalue weighted by Gasteiger charge is -2.40. The number of aromatic nitrogens is 5. The van der Waals surface area contributed by atoms with Gasteiger partial charge in [-0.1, -0.05) is 6.07 Å². The molecule has 25 heavy (non-hydrogen) atoms. The second-order valence-electron chi connectivity index (χ2n) is 6.27. The largest absolute Gasteiger partial charge is 0.481 e. The summed E-state index contributed by atoms with van der Waals surface area (Å²) in [5, 5.41) is 7.95. The fraction of sp³-hybridized carbons (Fsp3) is 0.412. The number of nitrogens with zero attached hydrogens (tertiary/aromatic N) is 6. The van der Waals surface area contributed by atoms with Gasteiger partial charge >= 0.3 is 0 Å². The first-order valence-electron chi connectivity index (χ1n) is 8.37. The van der Waals surface area contributed by atoms with E-state index in [0.717, 1.165) is 48.7 Å². The smallest absolute Gasteiger partial charge is 0.213 e. The van der Waals surface area contributed by atoms with Crippen LogP contribution in [0.5, 0.6) is 5.88 Å². The molecular formula is C17H21N7O. The number of rotatable bonds is 4. The molecule has 0 aliphatic carbocycles. The molecule has 1 N–H and O–H groups in total. The summed E-state index contributed by atoms with van der Waals surface area (Å²) in [5.74, 6) is 1.61. The number of hydrogen-bond donors (Lipinski definition) is 1. The van der Waals surface area contributed by atoms with Crippen LogP contribution in [0.4, 0.5) is 5.82 Å². The first-order chi connectivity index (χ1) is 12.2. The van der Waals surface area contributed by atoms with Gasteiger partial charge in [-0.3, -0.25) is 10.00 Å². The Morgan fingerprint density at radius 1 is 1.28 bits per heavy atom. The van der Waals surface area contributed by atoms with Crippen molar-refractivity contribution >= 4 is 16.9 Å². The van der Waals surface area contributed by atoms with Crippen LogP contribution in [0.15, 0.2) is 30.7 Å². The van der Waals surface area contributed by atoms with E-state index in [2.05, 4.69) is 41.9 Å². The van der Waals surface area contributed by atoms with Gasteiger partial charge in [-0.05, 0) is 13.0 Å². The molecule has 0 saturated carbocycles. The standard InChI is InChI=1S/C17H21N7O/c1-12-9-24(17-14-8-20-22-16(14)18-11-19-17)7-6-23(12)10-13-4-3-5-15(21-13)25-2/h3-5,8,11-12H,6-7,9-10H2,1-2H3,(H,18,19,20,22). The van der Waals surface area contributed by atoms with E-state index in [9.17, 15) is 0 Å². The molecule has 1 unspecified atom stereocenters. The van der Waals surface area contributed by atoms with Gasteiger partial charge in [-0.25, -0.2) is 15.0 Å². The molecule has 1 fully saturated rings. The van der Waals surface area contributed by atoms with E-state index in [1.807, 2.05) is 18.2 Å². The van der Waals surface area contributed by atoms with Crippen molar-refractivity contribution in [1.29, 1.82) is 0 Å². The zero-order chi connectivity index (χ0) is 17.2. The van der Waals surface area contributed by atoms with E-state index >= 15 is 0 Å². The molecule has 8 nitrogen and oxygen atoms in total. The maximum absolute atomic E-state index is 5.22. The van der Waals surface area contributed by atoms with E-state index < -0.39 is 0 Å². The third-order valence-electron chi connectivity index (χ3n) is 4.65. The van der Waals surface area contributed by atoms with Crippen LogP contribution in [0.25, 0.3) is 11.0 Å². The maximum atomic E-state index is 5.22. The minimum atomic E-state index is 0.388. The summed E-state index contributed by atoms with van der Waals surface area (Å²) in [5.41, 5.74) is 1.81. The fourth-order valence-electron chi connectivity index (χ4n) is 3.29. The molecule has 1 aliphatic rings. The Bertz CT molecular complexity index is 865. The lowest BCUT2D eigenvalue weighted by Crippen LogP contribution is -2.51. The van der Waals surface area contributed by atoms with Crippen molar-refractivity contribution in [2.75, 3.05) is 31.6 Å². The highest BCUT2D eigenvalue weighted by atomic mass is 16.5. The fourth-order valence-corrected chi connectivity index (χ4v) is 3.29. The number of ether oxygens (including phenoxy) is 1. The number of piperazine rings is 1. The highest BCUT2D eigenvalue weighted by Crippen LogP contribution is 2.24. The van der Waals surface area contributed by atoms with Crippen molar-refractivity contribution in [1.82, 2.24) is 30.0 Å². The lowest BCUT2D eigenvalue weighted by atomic mass is 10.1. The van der Waals surface area contributed by atoms with Crippen LogP contribution in [-0.4, -0.2) is 62.8 Å². The van der Waals surface area contributed by atoms with Gasteiger partial charge in [0.15, 0.2) is 5.65 Å². The molecular weight excluding hydrogens is 318 g/mol. The molecule has 0 spiro atoms. The van der Waals surface area contributed by atoms with Crippen LogP contribution in [0.1, 0.15) is 12.6 Å². The van der Waals surface area contributed by atoms with Crippen LogP contribution in [0.3, 0.4) is 0 Å². The Morgan fingerprint density at radius 2 is 2.20 bits per heavy atom. The molecule has 3 aromatic rings.